The largest absolute Gasteiger partial charge is 0.497 e. The lowest BCUT2D eigenvalue weighted by Crippen LogP contribution is -2.36. The number of methoxy groups -OCH3 is 1. The Morgan fingerprint density at radius 3 is 2.81 bits per heavy atom. The summed E-state index contributed by atoms with van der Waals surface area (Å²) in [6.07, 6.45) is 2.36. The molecule has 32 heavy (non-hydrogen) atoms. The maximum Gasteiger partial charge on any atom is 0.287 e. The molecule has 1 saturated heterocycles. The second kappa shape index (κ2) is 9.14. The van der Waals surface area contributed by atoms with Gasteiger partial charge in [-0.3, -0.25) is 9.69 Å². The van der Waals surface area contributed by atoms with Gasteiger partial charge < -0.3 is 14.5 Å². The number of furan rings is 1. The van der Waals surface area contributed by atoms with Crippen LogP contribution < -0.4 is 10.1 Å². The molecular formula is C25H25N3O3S. The van der Waals surface area contributed by atoms with Crippen molar-refractivity contribution in [2.24, 2.45) is 0 Å². The van der Waals surface area contributed by atoms with Crippen LogP contribution in [0.3, 0.4) is 0 Å². The standard InChI is InChI=1S/C25H25N3O3S/c1-30-18-8-6-7-17(15-18)20(28-13-4-5-14-28)16-26-24(29)21-11-12-22(31-21)25-27-19-9-2-3-10-23(19)32-25/h2-3,6-12,15,20H,4-5,13-14,16H2,1H3,(H,26,29). The van der Waals surface area contributed by atoms with Gasteiger partial charge in [-0.15, -0.1) is 11.3 Å². The maximum absolute atomic E-state index is 12.9. The molecule has 1 N–H and O–H groups in total. The van der Waals surface area contributed by atoms with Crippen LogP contribution >= 0.6 is 11.3 Å². The molecule has 0 bridgehead atoms. The van der Waals surface area contributed by atoms with E-state index < -0.39 is 0 Å². The molecule has 1 aliphatic heterocycles. The van der Waals surface area contributed by atoms with Gasteiger partial charge in [-0.2, -0.15) is 0 Å². The van der Waals surface area contributed by atoms with Crippen LogP contribution in [0.2, 0.25) is 0 Å². The average molecular weight is 448 g/mol. The number of likely N-dealkylation sites (tertiary alicyclic amines) is 1. The van der Waals surface area contributed by atoms with Gasteiger partial charge >= 0.3 is 0 Å². The van der Waals surface area contributed by atoms with E-state index in [1.54, 1.807) is 24.5 Å². The molecule has 1 amide bonds. The first-order chi connectivity index (χ1) is 15.7. The molecule has 5 rings (SSSR count). The van der Waals surface area contributed by atoms with Crippen molar-refractivity contribution in [1.29, 1.82) is 0 Å². The lowest BCUT2D eigenvalue weighted by molar-refractivity contribution is 0.0911. The third kappa shape index (κ3) is 4.26. The number of rotatable bonds is 7. The first-order valence-corrected chi connectivity index (χ1v) is 11.6. The van der Waals surface area contributed by atoms with Crippen molar-refractivity contribution in [3.8, 4) is 16.5 Å². The van der Waals surface area contributed by atoms with Crippen LogP contribution in [0, 0.1) is 0 Å². The molecule has 1 fully saturated rings. The Kier molecular flexibility index (Phi) is 5.92. The number of benzene rings is 2. The normalized spacial score (nSPS) is 15.2. The minimum Gasteiger partial charge on any atom is -0.497 e. The zero-order chi connectivity index (χ0) is 21.9. The van der Waals surface area contributed by atoms with Gasteiger partial charge in [0.2, 0.25) is 0 Å². The summed E-state index contributed by atoms with van der Waals surface area (Å²) in [6, 6.07) is 19.7. The lowest BCUT2D eigenvalue weighted by Gasteiger charge is -2.28. The van der Waals surface area contributed by atoms with E-state index in [4.69, 9.17) is 9.15 Å². The molecule has 0 spiro atoms. The first kappa shape index (κ1) is 20.7. The summed E-state index contributed by atoms with van der Waals surface area (Å²) in [5.41, 5.74) is 2.07. The van der Waals surface area contributed by atoms with Crippen molar-refractivity contribution < 1.29 is 13.9 Å². The molecule has 6 nitrogen and oxygen atoms in total. The average Bonchev–Trinajstić information content (AvgIpc) is 3.59. The summed E-state index contributed by atoms with van der Waals surface area (Å²) in [4.78, 5) is 19.9. The Bertz CT molecular complexity index is 1190. The highest BCUT2D eigenvalue weighted by molar-refractivity contribution is 7.21. The third-order valence-corrected chi connectivity index (χ3v) is 6.90. The molecule has 4 aromatic rings. The van der Waals surface area contributed by atoms with Crippen LogP contribution in [0.4, 0.5) is 0 Å². The highest BCUT2D eigenvalue weighted by atomic mass is 32.1. The van der Waals surface area contributed by atoms with Gasteiger partial charge in [0, 0.05) is 6.54 Å². The fraction of sp³-hybridized carbons (Fsp3) is 0.280. The number of para-hydroxylation sites is 1. The van der Waals surface area contributed by atoms with Gasteiger partial charge in [0.15, 0.2) is 16.5 Å². The van der Waals surface area contributed by atoms with E-state index in [0.29, 0.717) is 18.1 Å². The number of carbonyl (C=O) groups excluding carboxylic acids is 1. The quantitative estimate of drug-likeness (QED) is 0.425. The molecule has 0 saturated carbocycles. The second-order valence-electron chi connectivity index (χ2n) is 7.90. The number of carbonyl (C=O) groups is 1. The molecule has 1 unspecified atom stereocenters. The van der Waals surface area contributed by atoms with Gasteiger partial charge in [-0.05, 0) is 67.9 Å². The summed E-state index contributed by atoms with van der Waals surface area (Å²) in [5, 5.41) is 3.85. The minimum absolute atomic E-state index is 0.0928. The van der Waals surface area contributed by atoms with Gasteiger partial charge in [0.05, 0.1) is 23.4 Å². The Balaban J connectivity index is 1.31. The Morgan fingerprint density at radius 1 is 1.16 bits per heavy atom. The molecule has 0 aliphatic carbocycles. The number of amides is 1. The molecule has 3 heterocycles. The van der Waals surface area contributed by atoms with Gasteiger partial charge in [-0.25, -0.2) is 4.98 Å². The maximum atomic E-state index is 12.9. The Hall–Kier alpha value is -3.16. The fourth-order valence-corrected chi connectivity index (χ4v) is 5.12. The SMILES string of the molecule is COc1cccc(C(CNC(=O)c2ccc(-c3nc4ccccc4s3)o2)N2CCCC2)c1. The lowest BCUT2D eigenvalue weighted by atomic mass is 10.0. The van der Waals surface area contributed by atoms with Crippen LogP contribution in [0.5, 0.6) is 5.75 Å². The minimum atomic E-state index is -0.218. The van der Waals surface area contributed by atoms with Crippen molar-refractivity contribution in [3.63, 3.8) is 0 Å². The summed E-state index contributed by atoms with van der Waals surface area (Å²) in [7, 11) is 1.67. The second-order valence-corrected chi connectivity index (χ2v) is 8.93. The van der Waals surface area contributed by atoms with E-state index in [9.17, 15) is 4.79 Å². The number of nitrogens with zero attached hydrogens (tertiary/aromatic N) is 2. The van der Waals surface area contributed by atoms with Crippen LogP contribution in [0.25, 0.3) is 21.0 Å². The summed E-state index contributed by atoms with van der Waals surface area (Å²) < 4.78 is 12.4. The summed E-state index contributed by atoms with van der Waals surface area (Å²) in [6.45, 7) is 2.56. The van der Waals surface area contributed by atoms with Crippen LogP contribution in [0.1, 0.15) is 35.0 Å². The van der Waals surface area contributed by atoms with Crippen molar-refractivity contribution in [1.82, 2.24) is 15.2 Å². The zero-order valence-electron chi connectivity index (χ0n) is 17.9. The molecule has 7 heteroatoms. The topological polar surface area (TPSA) is 67.6 Å². The molecule has 2 aromatic carbocycles. The predicted molar refractivity (Wildman–Crippen MR) is 126 cm³/mol. The van der Waals surface area contributed by atoms with E-state index in [0.717, 1.165) is 39.6 Å². The Labute approximate surface area is 190 Å². The van der Waals surface area contributed by atoms with Gasteiger partial charge in [0.25, 0.3) is 5.91 Å². The van der Waals surface area contributed by atoms with Crippen molar-refractivity contribution in [2.75, 3.05) is 26.7 Å². The zero-order valence-corrected chi connectivity index (χ0v) is 18.7. The smallest absolute Gasteiger partial charge is 0.287 e. The van der Waals surface area contributed by atoms with E-state index in [-0.39, 0.29) is 11.9 Å². The number of thiazole rings is 1. The third-order valence-electron chi connectivity index (χ3n) is 5.85. The van der Waals surface area contributed by atoms with Crippen molar-refractivity contribution in [3.05, 3.63) is 72.0 Å². The predicted octanol–water partition coefficient (Wildman–Crippen LogP) is 5.13. The highest BCUT2D eigenvalue weighted by Gasteiger charge is 2.25. The van der Waals surface area contributed by atoms with Crippen molar-refractivity contribution >= 4 is 27.5 Å². The molecular weight excluding hydrogens is 422 g/mol. The number of fused-ring (bicyclic) bond motifs is 1. The molecule has 1 aliphatic rings. The van der Waals surface area contributed by atoms with E-state index >= 15 is 0 Å². The Morgan fingerprint density at radius 2 is 2.00 bits per heavy atom. The molecule has 1 atom stereocenters. The monoisotopic (exact) mass is 447 g/mol. The molecule has 2 aromatic heterocycles. The molecule has 164 valence electrons. The van der Waals surface area contributed by atoms with E-state index in [1.807, 2.05) is 48.5 Å². The number of nitrogens with one attached hydrogen (secondary N) is 1. The van der Waals surface area contributed by atoms with Crippen molar-refractivity contribution in [2.45, 2.75) is 18.9 Å². The van der Waals surface area contributed by atoms with E-state index in [1.165, 1.54) is 12.8 Å². The van der Waals surface area contributed by atoms with Crippen LogP contribution in [-0.4, -0.2) is 42.5 Å². The van der Waals surface area contributed by atoms with Gasteiger partial charge in [-0.1, -0.05) is 24.3 Å². The van der Waals surface area contributed by atoms with Gasteiger partial charge in [0.1, 0.15) is 5.75 Å². The van der Waals surface area contributed by atoms with E-state index in [2.05, 4.69) is 21.3 Å². The first-order valence-electron chi connectivity index (χ1n) is 10.8. The van der Waals surface area contributed by atoms with Crippen LogP contribution in [-0.2, 0) is 0 Å². The van der Waals surface area contributed by atoms with Crippen LogP contribution in [0.15, 0.2) is 65.1 Å². The number of aromatic nitrogens is 1. The summed E-state index contributed by atoms with van der Waals surface area (Å²) >= 11 is 1.56. The number of ether oxygens (including phenoxy) is 1. The highest BCUT2D eigenvalue weighted by Crippen LogP contribution is 2.31. The summed E-state index contributed by atoms with van der Waals surface area (Å²) in [5.74, 6) is 1.51. The number of hydrogen-bond donors (Lipinski definition) is 1. The number of hydrogen-bond acceptors (Lipinski definition) is 6. The fourth-order valence-electron chi connectivity index (χ4n) is 4.19. The molecule has 0 radical (unpaired) electrons.